The first kappa shape index (κ1) is 25.4. The van der Waals surface area contributed by atoms with E-state index in [1.54, 1.807) is 0 Å². The summed E-state index contributed by atoms with van der Waals surface area (Å²) in [5.74, 6) is 1.43. The fraction of sp³-hybridized carbons (Fsp3) is 0.903. The minimum atomic E-state index is -0.597. The lowest BCUT2D eigenvalue weighted by Crippen LogP contribution is -2.69. The molecule has 12 atom stereocenters. The monoisotopic (exact) mass is 500 g/mol. The number of aliphatic hydroxyl groups is 1. The maximum atomic E-state index is 12.9. The summed E-state index contributed by atoms with van der Waals surface area (Å²) >= 11 is 0. The van der Waals surface area contributed by atoms with Crippen molar-refractivity contribution in [2.45, 2.75) is 105 Å². The lowest BCUT2D eigenvalue weighted by Gasteiger charge is -2.72. The molecule has 0 aromatic rings. The number of carboxylic acid groups (broad SMARTS) is 1. The van der Waals surface area contributed by atoms with Gasteiger partial charge in [0.1, 0.15) is 6.79 Å². The fourth-order valence-electron chi connectivity index (χ4n) is 11.7. The van der Waals surface area contributed by atoms with E-state index in [0.717, 1.165) is 51.4 Å². The maximum absolute atomic E-state index is 12.9. The second-order valence-electron chi connectivity index (χ2n) is 14.9. The third-order valence-corrected chi connectivity index (χ3v) is 13.9. The van der Waals surface area contributed by atoms with Crippen molar-refractivity contribution in [2.24, 2.45) is 56.7 Å². The van der Waals surface area contributed by atoms with Gasteiger partial charge in [0.05, 0.1) is 24.2 Å². The van der Waals surface area contributed by atoms with Crippen molar-refractivity contribution in [3.63, 3.8) is 0 Å². The van der Waals surface area contributed by atoms with Crippen LogP contribution < -0.4 is 0 Å². The second kappa shape index (κ2) is 7.82. The molecule has 36 heavy (non-hydrogen) atoms. The summed E-state index contributed by atoms with van der Waals surface area (Å²) < 4.78 is 11.9. The topological polar surface area (TPSA) is 76.0 Å². The highest BCUT2D eigenvalue weighted by Gasteiger charge is 2.71. The van der Waals surface area contributed by atoms with Gasteiger partial charge in [-0.3, -0.25) is 4.79 Å². The lowest BCUT2D eigenvalue weighted by molar-refractivity contribution is -0.305. The molecule has 5 fully saturated rings. The first-order valence-electron chi connectivity index (χ1n) is 14.7. The van der Waals surface area contributed by atoms with E-state index in [0.29, 0.717) is 30.3 Å². The minimum absolute atomic E-state index is 0.000424. The summed E-state index contributed by atoms with van der Waals surface area (Å²) in [6.07, 6.45) is 9.57. The molecule has 0 radical (unpaired) electrons. The van der Waals surface area contributed by atoms with E-state index in [1.807, 2.05) is 0 Å². The number of allylic oxidation sites excluding steroid dienone is 2. The molecule has 5 heteroatoms. The molecule has 1 heterocycles. The molecule has 6 aliphatic rings. The van der Waals surface area contributed by atoms with Crippen molar-refractivity contribution in [1.82, 2.24) is 0 Å². The van der Waals surface area contributed by atoms with E-state index in [2.05, 4.69) is 47.6 Å². The Balaban J connectivity index is 1.44. The molecule has 0 amide bonds. The Morgan fingerprint density at radius 3 is 2.47 bits per heavy atom. The van der Waals surface area contributed by atoms with Crippen LogP contribution in [0.5, 0.6) is 0 Å². The van der Waals surface area contributed by atoms with Crippen LogP contribution in [0.25, 0.3) is 0 Å². The Labute approximate surface area is 217 Å². The number of hydrogen-bond acceptors (Lipinski definition) is 4. The van der Waals surface area contributed by atoms with Gasteiger partial charge in [-0.25, -0.2) is 0 Å². The minimum Gasteiger partial charge on any atom is -0.481 e. The van der Waals surface area contributed by atoms with E-state index in [9.17, 15) is 15.0 Å². The highest BCUT2D eigenvalue weighted by molar-refractivity contribution is 5.76. The molecule has 0 aromatic carbocycles. The van der Waals surface area contributed by atoms with Crippen LogP contribution in [0.1, 0.15) is 92.9 Å². The Hall–Kier alpha value is -0.910. The average molecular weight is 501 g/mol. The number of aliphatic carboxylic acids is 1. The first-order valence-corrected chi connectivity index (χ1v) is 14.7. The quantitative estimate of drug-likeness (QED) is 0.429. The van der Waals surface area contributed by atoms with Gasteiger partial charge in [-0.2, -0.15) is 0 Å². The van der Waals surface area contributed by atoms with Crippen molar-refractivity contribution in [3.8, 4) is 0 Å². The van der Waals surface area contributed by atoms with Crippen LogP contribution in [-0.2, 0) is 14.3 Å². The molecular weight excluding hydrogens is 452 g/mol. The number of ether oxygens (including phenoxy) is 2. The van der Waals surface area contributed by atoms with Crippen molar-refractivity contribution in [3.05, 3.63) is 11.6 Å². The van der Waals surface area contributed by atoms with Crippen LogP contribution in [0.3, 0.4) is 0 Å². The number of aliphatic hydroxyl groups excluding tert-OH is 1. The zero-order valence-electron chi connectivity index (χ0n) is 23.3. The van der Waals surface area contributed by atoms with Gasteiger partial charge in [-0.1, -0.05) is 53.2 Å². The normalized spacial score (nSPS) is 58.3. The standard InChI is InChI=1S/C31H48O5/c1-18-9-12-31(26(33)34)14-13-29(5)20(24(31)19(18)2)7-8-23-27(3)15-21(32)25-28(4,16-35-17-36-25)22(27)10-11-30(23,29)6/h7,18-19,21-25,32H,8-17H2,1-6H3,(H,33,34)/t18-,19+,21-,22?,23?,24?,25+,27+,28+,29-,30-,31+/m1/s1. The van der Waals surface area contributed by atoms with Crippen molar-refractivity contribution in [1.29, 1.82) is 0 Å². The van der Waals surface area contributed by atoms with E-state index in [4.69, 9.17) is 9.47 Å². The number of hydrogen-bond donors (Lipinski definition) is 2. The van der Waals surface area contributed by atoms with Gasteiger partial charge < -0.3 is 19.7 Å². The van der Waals surface area contributed by atoms with Gasteiger partial charge in [-0.05, 0) is 97.2 Å². The van der Waals surface area contributed by atoms with Crippen LogP contribution in [0, 0.1) is 56.7 Å². The predicted molar refractivity (Wildman–Crippen MR) is 138 cm³/mol. The molecule has 5 nitrogen and oxygen atoms in total. The highest BCUT2D eigenvalue weighted by Crippen LogP contribution is 2.76. The fourth-order valence-corrected chi connectivity index (χ4v) is 11.7. The van der Waals surface area contributed by atoms with Crippen LogP contribution in [0.15, 0.2) is 11.6 Å². The molecule has 3 unspecified atom stereocenters. The molecule has 2 N–H and O–H groups in total. The van der Waals surface area contributed by atoms with Crippen LogP contribution in [0.2, 0.25) is 0 Å². The Kier molecular flexibility index (Phi) is 5.51. The molecule has 0 bridgehead atoms. The van der Waals surface area contributed by atoms with Crippen LogP contribution >= 0.6 is 0 Å². The first-order chi connectivity index (χ1) is 16.9. The Morgan fingerprint density at radius 2 is 1.75 bits per heavy atom. The number of rotatable bonds is 1. The second-order valence-corrected chi connectivity index (χ2v) is 14.9. The molecule has 6 rings (SSSR count). The number of carbonyl (C=O) groups is 1. The lowest BCUT2D eigenvalue weighted by atomic mass is 9.33. The molecule has 5 aliphatic carbocycles. The van der Waals surface area contributed by atoms with Crippen molar-refractivity contribution < 1.29 is 24.5 Å². The predicted octanol–water partition coefficient (Wildman–Crippen LogP) is 6.05. The van der Waals surface area contributed by atoms with Gasteiger partial charge in [-0.15, -0.1) is 0 Å². The van der Waals surface area contributed by atoms with Gasteiger partial charge in [0, 0.05) is 5.41 Å². The largest absolute Gasteiger partial charge is 0.481 e. The summed E-state index contributed by atoms with van der Waals surface area (Å²) in [6, 6.07) is 0. The molecule has 1 aliphatic heterocycles. The van der Waals surface area contributed by atoms with E-state index in [1.165, 1.54) is 5.57 Å². The molecular formula is C31H48O5. The summed E-state index contributed by atoms with van der Waals surface area (Å²) in [7, 11) is 0. The average Bonchev–Trinajstić information content (AvgIpc) is 2.81. The van der Waals surface area contributed by atoms with Crippen molar-refractivity contribution in [2.75, 3.05) is 13.4 Å². The van der Waals surface area contributed by atoms with Crippen LogP contribution in [-0.4, -0.2) is 41.8 Å². The van der Waals surface area contributed by atoms with Gasteiger partial charge in [0.25, 0.3) is 0 Å². The summed E-state index contributed by atoms with van der Waals surface area (Å²) in [4.78, 5) is 12.9. The van der Waals surface area contributed by atoms with E-state index in [-0.39, 0.29) is 40.5 Å². The summed E-state index contributed by atoms with van der Waals surface area (Å²) in [5.41, 5.74) is 0.795. The third-order valence-electron chi connectivity index (χ3n) is 13.9. The highest BCUT2D eigenvalue weighted by atomic mass is 16.7. The third kappa shape index (κ3) is 2.86. The van der Waals surface area contributed by atoms with Gasteiger partial charge in [0.2, 0.25) is 0 Å². The summed E-state index contributed by atoms with van der Waals surface area (Å²) in [5, 5.41) is 22.0. The molecule has 0 spiro atoms. The molecule has 1 saturated heterocycles. The molecule has 0 aromatic heterocycles. The Bertz CT molecular complexity index is 976. The molecule has 202 valence electrons. The van der Waals surface area contributed by atoms with Gasteiger partial charge >= 0.3 is 5.97 Å². The smallest absolute Gasteiger partial charge is 0.310 e. The SMILES string of the molecule is C[C@@H]1CC[C@]2(C(=O)O)CC[C@]3(C)C(=CCC4[C@@]5(C)C[C@@H](O)[C@@H]6OCOC[C@@]6(C)C5CC[C@]43C)C2[C@H]1C. The van der Waals surface area contributed by atoms with E-state index >= 15 is 0 Å². The van der Waals surface area contributed by atoms with Crippen molar-refractivity contribution >= 4 is 5.97 Å². The van der Waals surface area contributed by atoms with E-state index < -0.39 is 17.5 Å². The number of carboxylic acids is 1. The summed E-state index contributed by atoms with van der Waals surface area (Å²) in [6.45, 7) is 15.4. The van der Waals surface area contributed by atoms with Gasteiger partial charge in [0.15, 0.2) is 0 Å². The zero-order chi connectivity index (χ0) is 25.9. The molecule has 4 saturated carbocycles. The Morgan fingerprint density at radius 1 is 1.00 bits per heavy atom. The zero-order valence-corrected chi connectivity index (χ0v) is 23.3. The number of fused-ring (bicyclic) bond motifs is 9. The van der Waals surface area contributed by atoms with Crippen LogP contribution in [0.4, 0.5) is 0 Å². The maximum Gasteiger partial charge on any atom is 0.310 e.